The number of carbonyl (C=O) groups is 3. The van der Waals surface area contributed by atoms with Gasteiger partial charge < -0.3 is 14.8 Å². The number of hydrogen-bond acceptors (Lipinski definition) is 6. The number of ether oxygens (including phenoxy) is 2. The number of amides is 3. The van der Waals surface area contributed by atoms with Crippen LogP contribution in [-0.4, -0.2) is 35.1 Å². The zero-order valence-corrected chi connectivity index (χ0v) is 25.0. The lowest BCUT2D eigenvalue weighted by Crippen LogP contribution is -2.36. The Morgan fingerprint density at radius 3 is 2.59 bits per heavy atom. The molecule has 10 heteroatoms. The molecule has 4 aromatic carbocycles. The lowest BCUT2D eigenvalue weighted by molar-refractivity contribution is -0.127. The number of benzene rings is 4. The first kappa shape index (κ1) is 28.7. The molecule has 0 aliphatic carbocycles. The number of hydrogen-bond donors (Lipinski definition) is 1. The zero-order chi connectivity index (χ0) is 28.9. The van der Waals surface area contributed by atoms with Crippen molar-refractivity contribution in [2.75, 3.05) is 18.5 Å². The molecule has 0 aromatic heterocycles. The van der Waals surface area contributed by atoms with Crippen LogP contribution >= 0.6 is 39.3 Å². The average Bonchev–Trinajstić information content (AvgIpc) is 3.21. The standard InChI is InChI=1S/C31H24BrClN2O5S/c1-2-39-26-15-19(14-23(32)29(26)40-18-21-10-7-9-20-8-3-4-11-22(20)21)16-27-30(37)35(31(38)41-27)17-28(36)34-25-13-6-5-12-24(25)33/h3-16H,2,17-18H2,1H3,(H,34,36)/b27-16+. The normalized spacial score (nSPS) is 14.1. The number of rotatable bonds is 9. The van der Waals surface area contributed by atoms with Gasteiger partial charge in [0.1, 0.15) is 13.2 Å². The number of thioether (sulfide) groups is 1. The summed E-state index contributed by atoms with van der Waals surface area (Å²) in [6.45, 7) is 2.17. The zero-order valence-electron chi connectivity index (χ0n) is 21.9. The third-order valence-electron chi connectivity index (χ3n) is 6.20. The van der Waals surface area contributed by atoms with Crippen LogP contribution in [0, 0.1) is 0 Å². The lowest BCUT2D eigenvalue weighted by Gasteiger charge is -2.16. The van der Waals surface area contributed by atoms with Gasteiger partial charge in [0.2, 0.25) is 5.91 Å². The summed E-state index contributed by atoms with van der Waals surface area (Å²) in [5.41, 5.74) is 2.07. The van der Waals surface area contributed by atoms with Crippen LogP contribution in [-0.2, 0) is 16.2 Å². The minimum atomic E-state index is -0.556. The monoisotopic (exact) mass is 650 g/mol. The highest BCUT2D eigenvalue weighted by atomic mass is 79.9. The fourth-order valence-corrected chi connectivity index (χ4v) is 5.92. The molecule has 4 aromatic rings. The van der Waals surface area contributed by atoms with E-state index in [-0.39, 0.29) is 4.91 Å². The molecule has 1 aliphatic rings. The highest BCUT2D eigenvalue weighted by molar-refractivity contribution is 9.10. The predicted molar refractivity (Wildman–Crippen MR) is 166 cm³/mol. The van der Waals surface area contributed by atoms with Gasteiger partial charge in [-0.1, -0.05) is 66.2 Å². The Morgan fingerprint density at radius 2 is 1.78 bits per heavy atom. The van der Waals surface area contributed by atoms with Crippen molar-refractivity contribution in [3.05, 3.63) is 104 Å². The molecule has 1 N–H and O–H groups in total. The molecule has 3 amide bonds. The first-order valence-corrected chi connectivity index (χ1v) is 14.7. The molecule has 5 rings (SSSR count). The number of anilines is 1. The maximum atomic E-state index is 13.0. The van der Waals surface area contributed by atoms with E-state index in [2.05, 4.69) is 39.4 Å². The second-order valence-electron chi connectivity index (χ2n) is 8.99. The number of halogens is 2. The molecule has 1 heterocycles. The van der Waals surface area contributed by atoms with Crippen LogP contribution in [0.5, 0.6) is 11.5 Å². The second kappa shape index (κ2) is 12.8. The Hall–Kier alpha value is -3.79. The smallest absolute Gasteiger partial charge is 0.294 e. The summed E-state index contributed by atoms with van der Waals surface area (Å²) in [6, 6.07) is 24.5. The van der Waals surface area contributed by atoms with E-state index in [1.807, 2.05) is 31.2 Å². The van der Waals surface area contributed by atoms with Crippen molar-refractivity contribution in [3.8, 4) is 11.5 Å². The van der Waals surface area contributed by atoms with Gasteiger partial charge in [-0.25, -0.2) is 0 Å². The Balaban J connectivity index is 1.33. The van der Waals surface area contributed by atoms with Crippen molar-refractivity contribution in [2.24, 2.45) is 0 Å². The number of carbonyl (C=O) groups excluding carboxylic acids is 3. The summed E-state index contributed by atoms with van der Waals surface area (Å²) in [6.07, 6.45) is 1.60. The van der Waals surface area contributed by atoms with Crippen molar-refractivity contribution in [3.63, 3.8) is 0 Å². The molecule has 1 saturated heterocycles. The van der Waals surface area contributed by atoms with Crippen molar-refractivity contribution >= 4 is 78.9 Å². The van der Waals surface area contributed by atoms with Crippen LogP contribution in [0.4, 0.5) is 10.5 Å². The molecule has 0 unspecified atom stereocenters. The van der Waals surface area contributed by atoms with Gasteiger partial charge in [-0.2, -0.15) is 0 Å². The van der Waals surface area contributed by atoms with E-state index in [1.54, 1.807) is 42.5 Å². The molecule has 41 heavy (non-hydrogen) atoms. The molecule has 0 bridgehead atoms. The molecule has 1 fully saturated rings. The number of imide groups is 1. The molecular formula is C31H24BrClN2O5S. The fraction of sp³-hybridized carbons (Fsp3) is 0.129. The van der Waals surface area contributed by atoms with E-state index in [9.17, 15) is 14.4 Å². The number of fused-ring (bicyclic) bond motifs is 1. The van der Waals surface area contributed by atoms with Gasteiger partial charge in [-0.3, -0.25) is 19.3 Å². The molecule has 0 saturated carbocycles. The summed E-state index contributed by atoms with van der Waals surface area (Å²) in [5.74, 6) is -0.0663. The van der Waals surface area contributed by atoms with Gasteiger partial charge in [-0.15, -0.1) is 0 Å². The predicted octanol–water partition coefficient (Wildman–Crippen LogP) is 7.91. The Morgan fingerprint density at radius 1 is 1.02 bits per heavy atom. The minimum absolute atomic E-state index is 0.194. The van der Waals surface area contributed by atoms with Gasteiger partial charge >= 0.3 is 0 Å². The summed E-state index contributed by atoms with van der Waals surface area (Å²) >= 11 is 10.4. The summed E-state index contributed by atoms with van der Waals surface area (Å²) in [5, 5.41) is 4.69. The third-order valence-corrected chi connectivity index (χ3v) is 8.03. The van der Waals surface area contributed by atoms with Crippen molar-refractivity contribution < 1.29 is 23.9 Å². The number of nitrogens with zero attached hydrogens (tertiary/aromatic N) is 1. The van der Waals surface area contributed by atoms with E-state index in [0.717, 1.165) is 33.0 Å². The minimum Gasteiger partial charge on any atom is -0.490 e. The van der Waals surface area contributed by atoms with Crippen LogP contribution in [0.15, 0.2) is 88.2 Å². The fourth-order valence-electron chi connectivity index (χ4n) is 4.33. The van der Waals surface area contributed by atoms with E-state index < -0.39 is 23.6 Å². The van der Waals surface area contributed by atoms with Gasteiger partial charge in [0.05, 0.1) is 26.7 Å². The first-order chi connectivity index (χ1) is 19.8. The molecule has 0 spiro atoms. The Bertz CT molecular complexity index is 1690. The molecule has 1 aliphatic heterocycles. The molecule has 0 atom stereocenters. The molecule has 208 valence electrons. The van der Waals surface area contributed by atoms with Crippen LogP contribution in [0.2, 0.25) is 5.02 Å². The molecule has 0 radical (unpaired) electrons. The Kier molecular flexibility index (Phi) is 8.97. The average molecular weight is 652 g/mol. The second-order valence-corrected chi connectivity index (χ2v) is 11.2. The third kappa shape index (κ3) is 6.59. The number of nitrogens with one attached hydrogen (secondary N) is 1. The maximum absolute atomic E-state index is 13.0. The van der Waals surface area contributed by atoms with Crippen LogP contribution < -0.4 is 14.8 Å². The van der Waals surface area contributed by atoms with Crippen molar-refractivity contribution in [2.45, 2.75) is 13.5 Å². The van der Waals surface area contributed by atoms with Gasteiger partial charge in [0.25, 0.3) is 11.1 Å². The quantitative estimate of drug-likeness (QED) is 0.185. The van der Waals surface area contributed by atoms with Gasteiger partial charge in [0, 0.05) is 0 Å². The van der Waals surface area contributed by atoms with Crippen LogP contribution in [0.25, 0.3) is 16.8 Å². The summed E-state index contributed by atoms with van der Waals surface area (Å²) in [7, 11) is 0. The van der Waals surface area contributed by atoms with E-state index in [4.69, 9.17) is 21.1 Å². The van der Waals surface area contributed by atoms with Crippen molar-refractivity contribution in [1.29, 1.82) is 0 Å². The van der Waals surface area contributed by atoms with Gasteiger partial charge in [-0.05, 0) is 86.9 Å². The number of para-hydroxylation sites is 1. The van der Waals surface area contributed by atoms with Crippen LogP contribution in [0.3, 0.4) is 0 Å². The maximum Gasteiger partial charge on any atom is 0.294 e. The summed E-state index contributed by atoms with van der Waals surface area (Å²) in [4.78, 5) is 39.3. The first-order valence-electron chi connectivity index (χ1n) is 12.7. The van der Waals surface area contributed by atoms with E-state index in [0.29, 0.717) is 45.5 Å². The van der Waals surface area contributed by atoms with Crippen LogP contribution in [0.1, 0.15) is 18.1 Å². The largest absolute Gasteiger partial charge is 0.490 e. The highest BCUT2D eigenvalue weighted by Crippen LogP contribution is 2.40. The lowest BCUT2D eigenvalue weighted by atomic mass is 10.1. The molecular weight excluding hydrogens is 628 g/mol. The SMILES string of the molecule is CCOc1cc(/C=C2/SC(=O)N(CC(=O)Nc3ccccc3Cl)C2=O)cc(Br)c1OCc1cccc2ccccc12. The summed E-state index contributed by atoms with van der Waals surface area (Å²) < 4.78 is 12.7. The van der Waals surface area contributed by atoms with E-state index in [1.165, 1.54) is 0 Å². The highest BCUT2D eigenvalue weighted by Gasteiger charge is 2.36. The van der Waals surface area contributed by atoms with Gasteiger partial charge in [0.15, 0.2) is 11.5 Å². The topological polar surface area (TPSA) is 84.9 Å². The van der Waals surface area contributed by atoms with Crippen molar-refractivity contribution in [1.82, 2.24) is 4.90 Å². The Labute approximate surface area is 254 Å². The van der Waals surface area contributed by atoms with E-state index >= 15 is 0 Å². The molecule has 7 nitrogen and oxygen atoms in total.